The van der Waals surface area contributed by atoms with Crippen LogP contribution in [0.4, 0.5) is 4.39 Å². The SMILES string of the molecule is CN=C(NN)c1ccc(Cl)c(F)c1. The Morgan fingerprint density at radius 2 is 2.31 bits per heavy atom. The lowest BCUT2D eigenvalue weighted by Crippen LogP contribution is -2.31. The van der Waals surface area contributed by atoms with E-state index in [-0.39, 0.29) is 5.02 Å². The summed E-state index contributed by atoms with van der Waals surface area (Å²) < 4.78 is 13.0. The summed E-state index contributed by atoms with van der Waals surface area (Å²) in [6, 6.07) is 4.35. The smallest absolute Gasteiger partial charge is 0.142 e. The zero-order chi connectivity index (χ0) is 9.84. The maximum atomic E-state index is 13.0. The van der Waals surface area contributed by atoms with E-state index in [1.165, 1.54) is 12.1 Å². The van der Waals surface area contributed by atoms with Gasteiger partial charge in [0.2, 0.25) is 0 Å². The second kappa shape index (κ2) is 4.20. The van der Waals surface area contributed by atoms with Crippen molar-refractivity contribution in [2.75, 3.05) is 7.05 Å². The summed E-state index contributed by atoms with van der Waals surface area (Å²) in [6.07, 6.45) is 0. The molecule has 70 valence electrons. The number of halogens is 2. The van der Waals surface area contributed by atoms with Gasteiger partial charge in [0, 0.05) is 12.6 Å². The van der Waals surface area contributed by atoms with Crippen LogP contribution in [0.1, 0.15) is 5.56 Å². The second-order valence-corrected chi connectivity index (χ2v) is 2.75. The van der Waals surface area contributed by atoms with Gasteiger partial charge in [-0.2, -0.15) is 0 Å². The Kier molecular flexibility index (Phi) is 3.22. The maximum Gasteiger partial charge on any atom is 0.142 e. The zero-order valence-corrected chi connectivity index (χ0v) is 7.77. The summed E-state index contributed by atoms with van der Waals surface area (Å²) in [5, 5.41) is 0.0798. The summed E-state index contributed by atoms with van der Waals surface area (Å²) >= 11 is 5.51. The van der Waals surface area contributed by atoms with Crippen LogP contribution in [0, 0.1) is 5.82 Å². The van der Waals surface area contributed by atoms with Gasteiger partial charge in [0.05, 0.1) is 5.02 Å². The molecule has 0 atom stereocenters. The highest BCUT2D eigenvalue weighted by Crippen LogP contribution is 2.15. The highest BCUT2D eigenvalue weighted by atomic mass is 35.5. The molecule has 0 aliphatic rings. The zero-order valence-electron chi connectivity index (χ0n) is 7.01. The van der Waals surface area contributed by atoms with Crippen molar-refractivity contribution in [3.63, 3.8) is 0 Å². The summed E-state index contributed by atoms with van der Waals surface area (Å²) in [5.41, 5.74) is 2.92. The van der Waals surface area contributed by atoms with E-state index >= 15 is 0 Å². The van der Waals surface area contributed by atoms with E-state index in [1.54, 1.807) is 13.1 Å². The van der Waals surface area contributed by atoms with Crippen molar-refractivity contribution in [2.24, 2.45) is 10.8 Å². The van der Waals surface area contributed by atoms with Gasteiger partial charge in [-0.25, -0.2) is 10.2 Å². The molecule has 0 aliphatic heterocycles. The standard InChI is InChI=1S/C8H9ClFN3/c1-12-8(13-11)5-2-3-6(9)7(10)4-5/h2-4H,11H2,1H3,(H,12,13). The molecule has 0 radical (unpaired) electrons. The molecule has 1 aromatic carbocycles. The molecule has 0 saturated carbocycles. The Morgan fingerprint density at radius 1 is 1.62 bits per heavy atom. The van der Waals surface area contributed by atoms with Crippen molar-refractivity contribution >= 4 is 17.4 Å². The van der Waals surface area contributed by atoms with E-state index in [2.05, 4.69) is 10.4 Å². The van der Waals surface area contributed by atoms with E-state index in [0.717, 1.165) is 0 Å². The average molecular weight is 202 g/mol. The number of rotatable bonds is 1. The molecule has 5 heteroatoms. The molecule has 0 spiro atoms. The Labute approximate surface area is 80.4 Å². The van der Waals surface area contributed by atoms with Crippen molar-refractivity contribution in [2.45, 2.75) is 0 Å². The lowest BCUT2D eigenvalue weighted by molar-refractivity contribution is 0.628. The van der Waals surface area contributed by atoms with Crippen molar-refractivity contribution < 1.29 is 4.39 Å². The molecule has 0 aromatic heterocycles. The largest absolute Gasteiger partial charge is 0.308 e. The van der Waals surface area contributed by atoms with Crippen LogP contribution in [0.5, 0.6) is 0 Å². The molecule has 3 nitrogen and oxygen atoms in total. The Balaban J connectivity index is 3.10. The lowest BCUT2D eigenvalue weighted by atomic mass is 10.2. The molecular formula is C8H9ClFN3. The number of nitrogens with one attached hydrogen (secondary N) is 1. The Hall–Kier alpha value is -1.13. The Bertz CT molecular complexity index is 338. The van der Waals surface area contributed by atoms with Gasteiger partial charge in [-0.15, -0.1) is 0 Å². The third-order valence-electron chi connectivity index (χ3n) is 1.55. The maximum absolute atomic E-state index is 13.0. The molecule has 0 bridgehead atoms. The minimum absolute atomic E-state index is 0.0798. The number of amidine groups is 1. The predicted molar refractivity (Wildman–Crippen MR) is 51.2 cm³/mol. The molecule has 0 heterocycles. The minimum atomic E-state index is -0.490. The van der Waals surface area contributed by atoms with Crippen molar-refractivity contribution in [3.05, 3.63) is 34.6 Å². The van der Waals surface area contributed by atoms with Gasteiger partial charge in [-0.3, -0.25) is 4.99 Å². The van der Waals surface area contributed by atoms with E-state index in [1.807, 2.05) is 0 Å². The summed E-state index contributed by atoms with van der Waals surface area (Å²) in [6.45, 7) is 0. The number of hydrogen-bond acceptors (Lipinski definition) is 2. The summed E-state index contributed by atoms with van der Waals surface area (Å²) in [4.78, 5) is 3.82. The average Bonchev–Trinajstić information content (AvgIpc) is 2.13. The van der Waals surface area contributed by atoms with E-state index in [9.17, 15) is 4.39 Å². The third kappa shape index (κ3) is 2.17. The fourth-order valence-electron chi connectivity index (χ4n) is 0.920. The van der Waals surface area contributed by atoms with Crippen LogP contribution in [-0.4, -0.2) is 12.9 Å². The monoisotopic (exact) mass is 201 g/mol. The normalized spacial score (nSPS) is 11.5. The van der Waals surface area contributed by atoms with Crippen LogP contribution < -0.4 is 11.3 Å². The molecule has 0 amide bonds. The molecule has 1 aromatic rings. The second-order valence-electron chi connectivity index (χ2n) is 2.35. The summed E-state index contributed by atoms with van der Waals surface area (Å²) in [5.74, 6) is 5.09. The first-order valence-electron chi connectivity index (χ1n) is 3.58. The highest BCUT2D eigenvalue weighted by molar-refractivity contribution is 6.30. The Morgan fingerprint density at radius 3 is 2.77 bits per heavy atom. The van der Waals surface area contributed by atoms with Gasteiger partial charge in [-0.1, -0.05) is 11.6 Å². The van der Waals surface area contributed by atoms with Crippen LogP contribution in [0.3, 0.4) is 0 Å². The fourth-order valence-corrected chi connectivity index (χ4v) is 1.04. The van der Waals surface area contributed by atoms with Crippen LogP contribution in [0.15, 0.2) is 23.2 Å². The summed E-state index contributed by atoms with van der Waals surface area (Å²) in [7, 11) is 1.56. The van der Waals surface area contributed by atoms with Gasteiger partial charge < -0.3 is 5.43 Å². The minimum Gasteiger partial charge on any atom is -0.308 e. The first-order valence-corrected chi connectivity index (χ1v) is 3.95. The molecule has 3 N–H and O–H groups in total. The molecule has 13 heavy (non-hydrogen) atoms. The van der Waals surface area contributed by atoms with Gasteiger partial charge in [0.25, 0.3) is 0 Å². The first kappa shape index (κ1) is 9.95. The fraction of sp³-hybridized carbons (Fsp3) is 0.125. The van der Waals surface area contributed by atoms with Crippen LogP contribution >= 0.6 is 11.6 Å². The molecule has 0 unspecified atom stereocenters. The van der Waals surface area contributed by atoms with Gasteiger partial charge in [-0.05, 0) is 18.2 Å². The van der Waals surface area contributed by atoms with E-state index < -0.39 is 5.82 Å². The van der Waals surface area contributed by atoms with Gasteiger partial charge in [0.1, 0.15) is 11.7 Å². The molecular weight excluding hydrogens is 193 g/mol. The van der Waals surface area contributed by atoms with Crippen LogP contribution in [-0.2, 0) is 0 Å². The molecule has 0 fully saturated rings. The van der Waals surface area contributed by atoms with Crippen molar-refractivity contribution in [3.8, 4) is 0 Å². The van der Waals surface area contributed by atoms with Crippen molar-refractivity contribution in [1.29, 1.82) is 0 Å². The van der Waals surface area contributed by atoms with Crippen molar-refractivity contribution in [1.82, 2.24) is 5.43 Å². The number of nitrogens with two attached hydrogens (primary N) is 1. The number of nitrogens with zero attached hydrogens (tertiary/aromatic N) is 1. The van der Waals surface area contributed by atoms with Crippen LogP contribution in [0.2, 0.25) is 5.02 Å². The molecule has 0 saturated heterocycles. The van der Waals surface area contributed by atoms with Gasteiger partial charge in [0.15, 0.2) is 0 Å². The topological polar surface area (TPSA) is 50.4 Å². The molecule has 1 rings (SSSR count). The highest BCUT2D eigenvalue weighted by Gasteiger charge is 2.04. The van der Waals surface area contributed by atoms with E-state index in [0.29, 0.717) is 11.4 Å². The lowest BCUT2D eigenvalue weighted by Gasteiger charge is -2.04. The third-order valence-corrected chi connectivity index (χ3v) is 1.86. The first-order chi connectivity index (χ1) is 6.19. The number of aliphatic imine (C=N–C) groups is 1. The number of hydrogen-bond donors (Lipinski definition) is 2. The van der Waals surface area contributed by atoms with E-state index in [4.69, 9.17) is 17.4 Å². The number of benzene rings is 1. The van der Waals surface area contributed by atoms with Crippen LogP contribution in [0.25, 0.3) is 0 Å². The molecule has 0 aliphatic carbocycles. The van der Waals surface area contributed by atoms with Gasteiger partial charge >= 0.3 is 0 Å². The predicted octanol–water partition coefficient (Wildman–Crippen LogP) is 1.32. The quantitative estimate of drug-likeness (QED) is 0.312. The number of hydrazine groups is 1.